The average Bonchev–Trinajstić information content (AvgIpc) is 1.58. The van der Waals surface area contributed by atoms with Gasteiger partial charge in [0.25, 0.3) is 6.71 Å². The summed E-state index contributed by atoms with van der Waals surface area (Å²) in [7, 11) is -3.25. The number of nitrogens with zero attached hydrogens (tertiary/aromatic N) is 3. The molecule has 2 aliphatic rings. The van der Waals surface area contributed by atoms with Crippen molar-refractivity contribution in [3.8, 4) is 44.5 Å². The number of anilines is 9. The molecule has 0 radical (unpaired) electrons. The largest absolute Gasteiger partial charge is 0.310 e. The van der Waals surface area contributed by atoms with Crippen molar-refractivity contribution < 1.29 is 0 Å². The molecule has 18 aromatic rings. The van der Waals surface area contributed by atoms with Gasteiger partial charge in [-0.1, -0.05) is 353 Å². The molecule has 0 amide bonds. The summed E-state index contributed by atoms with van der Waals surface area (Å²) in [4.78, 5) is 8.10. The van der Waals surface area contributed by atoms with Gasteiger partial charge >= 0.3 is 0 Å². The van der Waals surface area contributed by atoms with Crippen LogP contribution in [-0.4, -0.2) is 14.8 Å². The van der Waals surface area contributed by atoms with E-state index in [0.29, 0.717) is 0 Å². The van der Waals surface area contributed by atoms with E-state index in [4.69, 9.17) is 0 Å². The summed E-state index contributed by atoms with van der Waals surface area (Å²) in [5.74, 6) is 0. The van der Waals surface area contributed by atoms with Crippen molar-refractivity contribution in [2.24, 2.45) is 0 Å². The number of benzene rings is 16. The molecule has 16 aromatic carbocycles. The maximum atomic E-state index is 2.79. The number of fused-ring (bicyclic) bond motifs is 10. The smallest absolute Gasteiger partial charge is 0.252 e. The quantitative estimate of drug-likeness (QED) is 0.0841. The van der Waals surface area contributed by atoms with Crippen LogP contribution in [0, 0.1) is 0 Å². The zero-order valence-electron chi connectivity index (χ0n) is 66.5. The minimum atomic E-state index is -3.25. The highest BCUT2D eigenvalue weighted by Gasteiger charge is 2.49. The van der Waals surface area contributed by atoms with Gasteiger partial charge in [-0.25, -0.2) is 0 Å². The number of thiophene rings is 2. The van der Waals surface area contributed by atoms with E-state index in [1.807, 2.05) is 22.7 Å². The Bertz CT molecular complexity index is 6590. The summed E-state index contributed by atoms with van der Waals surface area (Å²) >= 11 is 3.83. The van der Waals surface area contributed by atoms with Crippen molar-refractivity contribution in [2.75, 3.05) is 14.7 Å². The van der Waals surface area contributed by atoms with Gasteiger partial charge in [-0.05, 0) is 171 Å². The molecule has 0 spiro atoms. The Labute approximate surface area is 685 Å². The topological polar surface area (TPSA) is 9.72 Å². The molecule has 7 heteroatoms. The van der Waals surface area contributed by atoms with Gasteiger partial charge in [0.05, 0.1) is 11.4 Å². The standard InChI is InChI=1S/C108H88BN3S2Si/c1-106(2,3)75-53-57-78(58-54-75)110(79-59-55-76(56-60-79)107(4,5)6)80-61-63-91-94(67-80)112(103-88(72-37-19-11-20-38-72)70-90(74-41-23-13-24-42-74)105-100(103)86-50-32-34-52-98(86)114-105)96-66-77(108(7,8)9)65-95-101(96)109(91)92-68-84(115(81-43-25-14-26-44-81,82-45-27-15-28-46-82)83-47-29-16-30-48-83)62-64-93(92)111(95)102-87(71-35-17-10-18-36-71)69-89(73-39-21-12-22-40-73)104-99(102)85-49-31-33-51-97(85)113-104/h10-70H,1-9H3. The van der Waals surface area contributed by atoms with Gasteiger partial charge in [0, 0.05) is 102 Å². The second kappa shape index (κ2) is 28.0. The van der Waals surface area contributed by atoms with E-state index in [2.05, 4.69) is 447 Å². The maximum absolute atomic E-state index is 3.25. The van der Waals surface area contributed by atoms with Gasteiger partial charge in [0.2, 0.25) is 0 Å². The van der Waals surface area contributed by atoms with Crippen LogP contribution in [0.25, 0.3) is 84.9 Å². The first-order valence-corrected chi connectivity index (χ1v) is 44.0. The van der Waals surface area contributed by atoms with Crippen LogP contribution in [0.5, 0.6) is 0 Å². The molecular formula is C108H88BN3S2Si. The molecule has 0 aliphatic carbocycles. The zero-order chi connectivity index (χ0) is 78.1. The van der Waals surface area contributed by atoms with Gasteiger partial charge in [-0.2, -0.15) is 0 Å². The van der Waals surface area contributed by atoms with Crippen LogP contribution in [0.2, 0.25) is 0 Å². The summed E-state index contributed by atoms with van der Waals surface area (Å²) in [6.45, 7) is 20.8. The molecule has 0 atom stereocenters. The molecule has 3 nitrogen and oxygen atoms in total. The molecule has 2 aliphatic heterocycles. The second-order valence-electron chi connectivity index (χ2n) is 34.3. The minimum absolute atomic E-state index is 0.0543. The van der Waals surface area contributed by atoms with Gasteiger partial charge in [-0.3, -0.25) is 0 Å². The van der Waals surface area contributed by atoms with Gasteiger partial charge in [-0.15, -0.1) is 22.7 Å². The monoisotopic (exact) mass is 1530 g/mol. The Morgan fingerprint density at radius 2 is 0.635 bits per heavy atom. The molecule has 0 fully saturated rings. The molecule has 0 N–H and O–H groups in total. The van der Waals surface area contributed by atoms with Crippen molar-refractivity contribution >= 4 is 166 Å². The molecule has 0 unspecified atom stereocenters. The third kappa shape index (κ3) is 12.0. The predicted octanol–water partition coefficient (Wildman–Crippen LogP) is 25.9. The van der Waals surface area contributed by atoms with Crippen LogP contribution in [-0.2, 0) is 16.2 Å². The fourth-order valence-electron chi connectivity index (χ4n) is 18.6. The highest BCUT2D eigenvalue weighted by atomic mass is 32.1. The minimum Gasteiger partial charge on any atom is -0.310 e. The fourth-order valence-corrected chi connectivity index (χ4v) is 25.8. The van der Waals surface area contributed by atoms with E-state index in [0.717, 1.165) is 56.5 Å². The van der Waals surface area contributed by atoms with Crippen LogP contribution in [0.1, 0.15) is 79.0 Å². The highest BCUT2D eigenvalue weighted by molar-refractivity contribution is 7.27. The summed E-state index contributed by atoms with van der Waals surface area (Å²) < 4.78 is 5.01. The second-order valence-corrected chi connectivity index (χ2v) is 40.2. The SMILES string of the molecule is CC(C)(C)c1ccc(N(c2ccc(C(C)(C)C)cc2)c2ccc3c(c2)N(c2c(-c4ccccc4)cc(-c4ccccc4)c4sc5ccccc5c24)c2cc(C(C)(C)C)cc4c2B3c2cc([Si](c3ccccc3)(c3ccccc3)c3ccccc3)ccc2N4c2c(-c3ccccc3)cc(-c3ccccc3)c3sc4ccccc4c23)cc1. The van der Waals surface area contributed by atoms with Gasteiger partial charge < -0.3 is 14.7 Å². The highest BCUT2D eigenvalue weighted by Crippen LogP contribution is 2.58. The van der Waals surface area contributed by atoms with Crippen LogP contribution < -0.4 is 51.8 Å². The van der Waals surface area contributed by atoms with E-state index in [-0.39, 0.29) is 23.0 Å². The summed E-state index contributed by atoms with van der Waals surface area (Å²) in [5, 5.41) is 10.2. The summed E-state index contributed by atoms with van der Waals surface area (Å²) in [6.07, 6.45) is 0. The number of hydrogen-bond acceptors (Lipinski definition) is 5. The molecular weight excluding hydrogens is 1440 g/mol. The third-order valence-electron chi connectivity index (χ3n) is 24.2. The summed E-state index contributed by atoms with van der Waals surface area (Å²) in [5.41, 5.74) is 26.7. The Morgan fingerprint density at radius 1 is 0.278 bits per heavy atom. The lowest BCUT2D eigenvalue weighted by Crippen LogP contribution is -2.75. The molecule has 0 saturated heterocycles. The number of hydrogen-bond donors (Lipinski definition) is 0. The van der Waals surface area contributed by atoms with E-state index in [1.54, 1.807) is 0 Å². The lowest BCUT2D eigenvalue weighted by atomic mass is 9.33. The van der Waals surface area contributed by atoms with Crippen molar-refractivity contribution in [3.63, 3.8) is 0 Å². The van der Waals surface area contributed by atoms with Crippen molar-refractivity contribution in [1.29, 1.82) is 0 Å². The molecule has 554 valence electrons. The van der Waals surface area contributed by atoms with Gasteiger partial charge in [0.15, 0.2) is 8.07 Å². The number of rotatable bonds is 13. The molecule has 2 aromatic heterocycles. The first-order chi connectivity index (χ1) is 56.0. The van der Waals surface area contributed by atoms with Crippen LogP contribution in [0.15, 0.2) is 370 Å². The van der Waals surface area contributed by atoms with Crippen LogP contribution in [0.4, 0.5) is 51.2 Å². The first kappa shape index (κ1) is 71.7. The zero-order valence-corrected chi connectivity index (χ0v) is 69.1. The lowest BCUT2D eigenvalue weighted by Gasteiger charge is -2.47. The average molecular weight is 1530 g/mol. The van der Waals surface area contributed by atoms with Crippen molar-refractivity contribution in [2.45, 2.75) is 78.6 Å². The lowest BCUT2D eigenvalue weighted by molar-refractivity contribution is 0.590. The van der Waals surface area contributed by atoms with Crippen molar-refractivity contribution in [3.05, 3.63) is 387 Å². The predicted molar refractivity (Wildman–Crippen MR) is 502 cm³/mol. The Balaban J connectivity index is 0.992. The third-order valence-corrected chi connectivity index (χ3v) is 31.4. The maximum Gasteiger partial charge on any atom is 0.252 e. The molecule has 20 rings (SSSR count). The van der Waals surface area contributed by atoms with E-state index in [9.17, 15) is 0 Å². The van der Waals surface area contributed by atoms with E-state index < -0.39 is 8.07 Å². The van der Waals surface area contributed by atoms with E-state index >= 15 is 0 Å². The Morgan fingerprint density at radius 3 is 1.03 bits per heavy atom. The normalized spacial score (nSPS) is 12.9. The fraction of sp³-hybridized carbons (Fsp3) is 0.111. The first-order valence-electron chi connectivity index (χ1n) is 40.4. The molecule has 0 saturated carbocycles. The Hall–Kier alpha value is -12.4. The Kier molecular flexibility index (Phi) is 17.5. The van der Waals surface area contributed by atoms with Gasteiger partial charge in [0.1, 0.15) is 0 Å². The van der Waals surface area contributed by atoms with Crippen LogP contribution in [0.3, 0.4) is 0 Å². The van der Waals surface area contributed by atoms with Crippen molar-refractivity contribution in [1.82, 2.24) is 0 Å². The molecule has 0 bridgehead atoms. The summed E-state index contributed by atoms with van der Waals surface area (Å²) in [6, 6.07) is 142. The molecule has 115 heavy (non-hydrogen) atoms. The van der Waals surface area contributed by atoms with E-state index in [1.165, 1.54) is 133 Å². The molecule has 4 heterocycles. The van der Waals surface area contributed by atoms with Crippen LogP contribution >= 0.6 is 22.7 Å².